The minimum atomic E-state index is -0.708. The summed E-state index contributed by atoms with van der Waals surface area (Å²) in [4.78, 5) is 34.9. The number of rotatable bonds is 4. The van der Waals surface area contributed by atoms with Crippen LogP contribution in [0.1, 0.15) is 17.5 Å². The number of esters is 1. The predicted molar refractivity (Wildman–Crippen MR) is 86.7 cm³/mol. The number of fused-ring (bicyclic) bond motifs is 2. The maximum absolute atomic E-state index is 12.3. The number of nitrogens with one attached hydrogen (secondary N) is 1. The van der Waals surface area contributed by atoms with Crippen LogP contribution in [-0.2, 0) is 4.74 Å². The predicted octanol–water partition coefficient (Wildman–Crippen LogP) is 1.67. The van der Waals surface area contributed by atoms with E-state index < -0.39 is 11.5 Å². The molecule has 0 atom stereocenters. The second-order valence-electron chi connectivity index (χ2n) is 4.90. The number of aromatic amines is 1. The van der Waals surface area contributed by atoms with Crippen LogP contribution in [0.5, 0.6) is 11.5 Å². The summed E-state index contributed by atoms with van der Waals surface area (Å²) in [5, 5.41) is 0.917. The van der Waals surface area contributed by atoms with Crippen LogP contribution in [0, 0.1) is 0 Å². The largest absolute Gasteiger partial charge is 0.497 e. The molecule has 0 bridgehead atoms. The van der Waals surface area contributed by atoms with Crippen molar-refractivity contribution in [1.29, 1.82) is 0 Å². The maximum Gasteiger partial charge on any atom is 0.374 e. The molecule has 124 valence electrons. The quantitative estimate of drug-likeness (QED) is 0.573. The van der Waals surface area contributed by atoms with E-state index >= 15 is 0 Å². The Morgan fingerprint density at radius 2 is 1.96 bits per heavy atom. The minimum Gasteiger partial charge on any atom is -0.497 e. The van der Waals surface area contributed by atoms with Crippen molar-refractivity contribution in [2.75, 3.05) is 20.8 Å². The molecule has 0 radical (unpaired) electrons. The lowest BCUT2D eigenvalue weighted by atomic mass is 10.1. The Labute approximate surface area is 136 Å². The van der Waals surface area contributed by atoms with Gasteiger partial charge in [0.05, 0.1) is 26.2 Å². The van der Waals surface area contributed by atoms with Crippen LogP contribution in [0.15, 0.2) is 23.0 Å². The standard InChI is InChI=1S/C16H15N3O5/c1-4-24-16(21)14-18-13-10(15(20)19-14)6-8-5-9(22-2)7-11(23-3)12(8)17-13/h5-7H,4H2,1-3H3,(H,17,18,19,20). The highest BCUT2D eigenvalue weighted by atomic mass is 16.5. The van der Waals surface area contributed by atoms with Gasteiger partial charge in [0.2, 0.25) is 5.82 Å². The summed E-state index contributed by atoms with van der Waals surface area (Å²) in [5.74, 6) is 0.160. The normalized spacial score (nSPS) is 10.8. The van der Waals surface area contributed by atoms with E-state index in [9.17, 15) is 9.59 Å². The molecular formula is C16H15N3O5. The molecule has 24 heavy (non-hydrogen) atoms. The molecule has 0 aliphatic heterocycles. The van der Waals surface area contributed by atoms with Gasteiger partial charge in [0.25, 0.3) is 5.56 Å². The summed E-state index contributed by atoms with van der Waals surface area (Å²) >= 11 is 0. The summed E-state index contributed by atoms with van der Waals surface area (Å²) in [5.41, 5.74) is 0.177. The van der Waals surface area contributed by atoms with Gasteiger partial charge in [-0.2, -0.15) is 0 Å². The number of hydrogen-bond acceptors (Lipinski definition) is 7. The zero-order chi connectivity index (χ0) is 17.3. The molecule has 8 nitrogen and oxygen atoms in total. The van der Waals surface area contributed by atoms with Crippen LogP contribution < -0.4 is 15.0 Å². The number of pyridine rings is 1. The van der Waals surface area contributed by atoms with Crippen LogP contribution >= 0.6 is 0 Å². The molecule has 3 aromatic rings. The van der Waals surface area contributed by atoms with Crippen LogP contribution in [-0.4, -0.2) is 41.7 Å². The Kier molecular flexibility index (Phi) is 4.03. The lowest BCUT2D eigenvalue weighted by molar-refractivity contribution is 0.0512. The summed E-state index contributed by atoms with van der Waals surface area (Å²) in [7, 11) is 3.05. The minimum absolute atomic E-state index is 0.137. The smallest absolute Gasteiger partial charge is 0.374 e. The SMILES string of the molecule is CCOC(=O)c1nc2nc3c(OC)cc(OC)cc3cc2c(=O)[nH]1. The molecule has 0 fully saturated rings. The first-order valence-corrected chi connectivity index (χ1v) is 7.21. The number of methoxy groups -OCH3 is 2. The van der Waals surface area contributed by atoms with Gasteiger partial charge >= 0.3 is 5.97 Å². The lowest BCUT2D eigenvalue weighted by Crippen LogP contribution is -2.18. The molecule has 0 saturated carbocycles. The average molecular weight is 329 g/mol. The average Bonchev–Trinajstić information content (AvgIpc) is 2.59. The van der Waals surface area contributed by atoms with E-state index in [1.54, 1.807) is 25.1 Å². The van der Waals surface area contributed by atoms with Crippen molar-refractivity contribution in [3.05, 3.63) is 34.4 Å². The zero-order valence-corrected chi connectivity index (χ0v) is 13.4. The first kappa shape index (κ1) is 15.7. The Bertz CT molecular complexity index is 996. The first-order valence-electron chi connectivity index (χ1n) is 7.21. The van der Waals surface area contributed by atoms with E-state index in [4.69, 9.17) is 14.2 Å². The van der Waals surface area contributed by atoms with Crippen molar-refractivity contribution in [1.82, 2.24) is 15.0 Å². The zero-order valence-electron chi connectivity index (χ0n) is 13.4. The number of ether oxygens (including phenoxy) is 3. The summed E-state index contributed by atoms with van der Waals surface area (Å²) < 4.78 is 15.4. The van der Waals surface area contributed by atoms with Gasteiger partial charge in [-0.3, -0.25) is 4.79 Å². The number of carbonyl (C=O) groups is 1. The van der Waals surface area contributed by atoms with Crippen LogP contribution in [0.4, 0.5) is 0 Å². The van der Waals surface area contributed by atoms with E-state index in [-0.39, 0.29) is 23.5 Å². The van der Waals surface area contributed by atoms with E-state index in [0.29, 0.717) is 22.4 Å². The number of nitrogens with zero attached hydrogens (tertiary/aromatic N) is 2. The third kappa shape index (κ3) is 2.62. The molecule has 2 heterocycles. The Morgan fingerprint density at radius 1 is 1.17 bits per heavy atom. The highest BCUT2D eigenvalue weighted by Gasteiger charge is 2.15. The van der Waals surface area contributed by atoms with Gasteiger partial charge in [0.15, 0.2) is 5.65 Å². The fraction of sp³-hybridized carbons (Fsp3) is 0.250. The Morgan fingerprint density at radius 3 is 2.62 bits per heavy atom. The lowest BCUT2D eigenvalue weighted by Gasteiger charge is -2.09. The number of carbonyl (C=O) groups excluding carboxylic acids is 1. The van der Waals surface area contributed by atoms with Gasteiger partial charge in [-0.25, -0.2) is 14.8 Å². The van der Waals surface area contributed by atoms with Gasteiger partial charge in [-0.1, -0.05) is 0 Å². The van der Waals surface area contributed by atoms with E-state index in [2.05, 4.69) is 15.0 Å². The number of H-pyrrole nitrogens is 1. The van der Waals surface area contributed by atoms with Gasteiger partial charge < -0.3 is 19.2 Å². The molecule has 1 aromatic carbocycles. The van der Waals surface area contributed by atoms with E-state index in [0.717, 1.165) is 0 Å². The molecule has 0 aliphatic rings. The van der Waals surface area contributed by atoms with Crippen molar-refractivity contribution in [2.24, 2.45) is 0 Å². The maximum atomic E-state index is 12.3. The monoisotopic (exact) mass is 329 g/mol. The Balaban J connectivity index is 2.30. The van der Waals surface area contributed by atoms with Crippen molar-refractivity contribution in [3.8, 4) is 11.5 Å². The van der Waals surface area contributed by atoms with Crippen molar-refractivity contribution in [2.45, 2.75) is 6.92 Å². The van der Waals surface area contributed by atoms with Crippen molar-refractivity contribution < 1.29 is 19.0 Å². The third-order valence-electron chi connectivity index (χ3n) is 3.46. The van der Waals surface area contributed by atoms with E-state index in [1.807, 2.05) is 0 Å². The molecular weight excluding hydrogens is 314 g/mol. The number of hydrogen-bond donors (Lipinski definition) is 1. The van der Waals surface area contributed by atoms with Gasteiger partial charge in [-0.15, -0.1) is 0 Å². The molecule has 0 amide bonds. The van der Waals surface area contributed by atoms with Crippen molar-refractivity contribution in [3.63, 3.8) is 0 Å². The second-order valence-corrected chi connectivity index (χ2v) is 4.90. The molecule has 2 aromatic heterocycles. The third-order valence-corrected chi connectivity index (χ3v) is 3.46. The molecule has 0 saturated heterocycles. The summed E-state index contributed by atoms with van der Waals surface area (Å²) in [6.45, 7) is 1.85. The Hall–Kier alpha value is -3.16. The number of aromatic nitrogens is 3. The topological polar surface area (TPSA) is 103 Å². The molecule has 0 unspecified atom stereocenters. The van der Waals surface area contributed by atoms with Crippen LogP contribution in [0.25, 0.3) is 21.9 Å². The highest BCUT2D eigenvalue weighted by molar-refractivity contribution is 5.96. The first-order chi connectivity index (χ1) is 11.6. The van der Waals surface area contributed by atoms with Crippen LogP contribution in [0.3, 0.4) is 0 Å². The second kappa shape index (κ2) is 6.15. The van der Waals surface area contributed by atoms with Gasteiger partial charge in [0, 0.05) is 11.5 Å². The highest BCUT2D eigenvalue weighted by Crippen LogP contribution is 2.30. The molecule has 0 aliphatic carbocycles. The molecule has 1 N–H and O–H groups in total. The summed E-state index contributed by atoms with van der Waals surface area (Å²) in [6, 6.07) is 5.05. The summed E-state index contributed by atoms with van der Waals surface area (Å²) in [6.07, 6.45) is 0. The molecule has 3 rings (SSSR count). The van der Waals surface area contributed by atoms with Gasteiger partial charge in [-0.05, 0) is 19.1 Å². The van der Waals surface area contributed by atoms with Crippen LogP contribution in [0.2, 0.25) is 0 Å². The van der Waals surface area contributed by atoms with Gasteiger partial charge in [0.1, 0.15) is 17.0 Å². The molecule has 8 heteroatoms. The fourth-order valence-electron chi connectivity index (χ4n) is 2.35. The fourth-order valence-corrected chi connectivity index (χ4v) is 2.35. The number of benzene rings is 1. The van der Waals surface area contributed by atoms with Crippen molar-refractivity contribution >= 4 is 27.9 Å². The van der Waals surface area contributed by atoms with E-state index in [1.165, 1.54) is 14.2 Å². The molecule has 0 spiro atoms.